The quantitative estimate of drug-likeness (QED) is 0.695. The molecule has 104 valence electrons. The third kappa shape index (κ3) is 2.61. The fourth-order valence-corrected chi connectivity index (χ4v) is 3.27. The van der Waals surface area contributed by atoms with Gasteiger partial charge in [0.2, 0.25) is 5.91 Å². The Morgan fingerprint density at radius 3 is 2.68 bits per heavy atom. The molecule has 1 aliphatic heterocycles. The van der Waals surface area contributed by atoms with Crippen LogP contribution in [0.3, 0.4) is 0 Å². The molecule has 0 aliphatic carbocycles. The number of rotatable bonds is 1. The molecule has 1 heterocycles. The number of amides is 1. The molecule has 0 unspecified atom stereocenters. The van der Waals surface area contributed by atoms with Gasteiger partial charge in [0.1, 0.15) is 5.38 Å². The maximum Gasteiger partial charge on any atom is 0.245 e. The fourth-order valence-electron chi connectivity index (χ4n) is 3.00. The zero-order valence-corrected chi connectivity index (χ0v) is 13.2. The van der Waals surface area contributed by atoms with Crippen LogP contribution in [0.4, 0.5) is 5.69 Å². The Morgan fingerprint density at radius 1 is 1.47 bits per heavy atom. The van der Waals surface area contributed by atoms with E-state index in [1.807, 2.05) is 23.1 Å². The second-order valence-electron chi connectivity index (χ2n) is 5.91. The average molecular weight is 300 g/mol. The van der Waals surface area contributed by atoms with Gasteiger partial charge in [-0.3, -0.25) is 4.79 Å². The van der Waals surface area contributed by atoms with Gasteiger partial charge in [-0.05, 0) is 56.9 Å². The lowest BCUT2D eigenvalue weighted by Crippen LogP contribution is -2.53. The van der Waals surface area contributed by atoms with E-state index >= 15 is 0 Å². The molecule has 0 saturated heterocycles. The van der Waals surface area contributed by atoms with Crippen LogP contribution in [0.25, 0.3) is 0 Å². The van der Waals surface area contributed by atoms with E-state index in [-0.39, 0.29) is 11.4 Å². The Balaban J connectivity index is 2.58. The second kappa shape index (κ2) is 4.99. The van der Waals surface area contributed by atoms with Crippen LogP contribution in [0.2, 0.25) is 5.02 Å². The first-order valence-electron chi connectivity index (χ1n) is 6.51. The van der Waals surface area contributed by atoms with Gasteiger partial charge in [0.25, 0.3) is 0 Å². The van der Waals surface area contributed by atoms with Crippen molar-refractivity contribution in [2.24, 2.45) is 0 Å². The molecule has 2 atom stereocenters. The van der Waals surface area contributed by atoms with E-state index in [0.717, 1.165) is 17.7 Å². The average Bonchev–Trinajstić information content (AvgIpc) is 2.28. The zero-order chi connectivity index (χ0) is 14.4. The van der Waals surface area contributed by atoms with Crippen molar-refractivity contribution in [1.82, 2.24) is 0 Å². The van der Waals surface area contributed by atoms with Gasteiger partial charge in [-0.1, -0.05) is 18.5 Å². The van der Waals surface area contributed by atoms with Crippen molar-refractivity contribution in [2.75, 3.05) is 4.90 Å². The number of halogens is 2. The van der Waals surface area contributed by atoms with Crippen LogP contribution < -0.4 is 4.90 Å². The summed E-state index contributed by atoms with van der Waals surface area (Å²) in [6, 6.07) is 5.70. The predicted molar refractivity (Wildman–Crippen MR) is 81.4 cm³/mol. The summed E-state index contributed by atoms with van der Waals surface area (Å²) in [7, 11) is 0. The van der Waals surface area contributed by atoms with Crippen LogP contribution in [0.15, 0.2) is 18.2 Å². The van der Waals surface area contributed by atoms with Gasteiger partial charge >= 0.3 is 0 Å². The van der Waals surface area contributed by atoms with Crippen molar-refractivity contribution >= 4 is 34.8 Å². The Morgan fingerprint density at radius 2 is 2.11 bits per heavy atom. The van der Waals surface area contributed by atoms with Gasteiger partial charge in [0.05, 0.1) is 0 Å². The number of benzene rings is 1. The zero-order valence-electron chi connectivity index (χ0n) is 11.7. The largest absolute Gasteiger partial charge is 0.305 e. The molecule has 0 fully saturated rings. The van der Waals surface area contributed by atoms with Gasteiger partial charge < -0.3 is 4.90 Å². The Labute approximate surface area is 124 Å². The monoisotopic (exact) mass is 299 g/mol. The summed E-state index contributed by atoms with van der Waals surface area (Å²) in [5.74, 6) is 0.320. The minimum absolute atomic E-state index is 0.0536. The standard InChI is InChI=1S/C15H19Cl2NO/c1-9-8-15(3,4)18(14(19)10(2)16)13-6-5-11(17)7-12(9)13/h5-7,9-10H,8H2,1-4H3/t9-,10-/m1/s1. The van der Waals surface area contributed by atoms with Crippen LogP contribution in [0.1, 0.15) is 45.6 Å². The van der Waals surface area contributed by atoms with Gasteiger partial charge in [0.15, 0.2) is 0 Å². The van der Waals surface area contributed by atoms with Gasteiger partial charge in [-0.25, -0.2) is 0 Å². The molecule has 0 spiro atoms. The summed E-state index contributed by atoms with van der Waals surface area (Å²) >= 11 is 12.1. The van der Waals surface area contributed by atoms with Crippen molar-refractivity contribution in [3.63, 3.8) is 0 Å². The molecule has 0 N–H and O–H groups in total. The van der Waals surface area contributed by atoms with Crippen molar-refractivity contribution < 1.29 is 4.79 Å². The molecule has 1 aromatic rings. The van der Waals surface area contributed by atoms with E-state index in [4.69, 9.17) is 23.2 Å². The molecule has 1 amide bonds. The first kappa shape index (κ1) is 14.7. The SMILES string of the molecule is C[C@@H]1CC(C)(C)N(C(=O)[C@@H](C)Cl)c2ccc(Cl)cc21. The molecule has 0 bridgehead atoms. The molecule has 0 radical (unpaired) electrons. The topological polar surface area (TPSA) is 20.3 Å². The highest BCUT2D eigenvalue weighted by Crippen LogP contribution is 2.44. The maximum atomic E-state index is 12.4. The first-order chi connectivity index (χ1) is 8.74. The molecular weight excluding hydrogens is 281 g/mol. The van der Waals surface area contributed by atoms with Crippen LogP contribution in [0, 0.1) is 0 Å². The molecule has 0 aromatic heterocycles. The lowest BCUT2D eigenvalue weighted by Gasteiger charge is -2.46. The number of carbonyl (C=O) groups excluding carboxylic acids is 1. The van der Waals surface area contributed by atoms with Crippen molar-refractivity contribution in [2.45, 2.75) is 50.9 Å². The highest BCUT2D eigenvalue weighted by molar-refractivity contribution is 6.33. The molecule has 4 heteroatoms. The second-order valence-corrected chi connectivity index (χ2v) is 7.00. The molecule has 19 heavy (non-hydrogen) atoms. The van der Waals surface area contributed by atoms with E-state index in [2.05, 4.69) is 20.8 Å². The van der Waals surface area contributed by atoms with Crippen molar-refractivity contribution in [3.8, 4) is 0 Å². The summed E-state index contributed by atoms with van der Waals surface area (Å²) < 4.78 is 0. The molecule has 2 rings (SSSR count). The number of carbonyl (C=O) groups is 1. The smallest absolute Gasteiger partial charge is 0.245 e. The summed E-state index contributed by atoms with van der Waals surface area (Å²) in [6.45, 7) is 8.05. The molecule has 0 saturated carbocycles. The van der Waals surface area contributed by atoms with Crippen molar-refractivity contribution in [1.29, 1.82) is 0 Å². The number of alkyl halides is 1. The molecule has 1 aromatic carbocycles. The first-order valence-corrected chi connectivity index (χ1v) is 7.33. The minimum atomic E-state index is -0.531. The van der Waals surface area contributed by atoms with Crippen LogP contribution in [-0.4, -0.2) is 16.8 Å². The van der Waals surface area contributed by atoms with E-state index in [0.29, 0.717) is 10.9 Å². The van der Waals surface area contributed by atoms with Gasteiger partial charge in [0, 0.05) is 16.2 Å². The van der Waals surface area contributed by atoms with E-state index in [1.165, 1.54) is 0 Å². The third-order valence-corrected chi connectivity index (χ3v) is 4.15. The lowest BCUT2D eigenvalue weighted by atomic mass is 9.80. The molecule has 2 nitrogen and oxygen atoms in total. The lowest BCUT2D eigenvalue weighted by molar-refractivity contribution is -0.119. The Kier molecular flexibility index (Phi) is 3.85. The predicted octanol–water partition coefficient (Wildman–Crippen LogP) is 4.59. The van der Waals surface area contributed by atoms with Crippen LogP contribution in [0.5, 0.6) is 0 Å². The summed E-state index contributed by atoms with van der Waals surface area (Å²) in [4.78, 5) is 14.3. The maximum absolute atomic E-state index is 12.4. The van der Waals surface area contributed by atoms with E-state index in [9.17, 15) is 4.79 Å². The molecular formula is C15H19Cl2NO. The highest BCUT2D eigenvalue weighted by Gasteiger charge is 2.40. The third-order valence-electron chi connectivity index (χ3n) is 3.73. The number of nitrogens with zero attached hydrogens (tertiary/aromatic N) is 1. The van der Waals surface area contributed by atoms with E-state index < -0.39 is 5.38 Å². The summed E-state index contributed by atoms with van der Waals surface area (Å²) in [5.41, 5.74) is 1.82. The van der Waals surface area contributed by atoms with Crippen LogP contribution in [-0.2, 0) is 4.79 Å². The number of hydrogen-bond donors (Lipinski definition) is 0. The number of fused-ring (bicyclic) bond motifs is 1. The van der Waals surface area contributed by atoms with Crippen molar-refractivity contribution in [3.05, 3.63) is 28.8 Å². The Bertz CT molecular complexity index is 511. The van der Waals surface area contributed by atoms with Crippen LogP contribution >= 0.6 is 23.2 Å². The van der Waals surface area contributed by atoms with E-state index in [1.54, 1.807) is 6.92 Å². The molecule has 1 aliphatic rings. The Hall–Kier alpha value is -0.730. The normalized spacial score (nSPS) is 22.8. The van der Waals surface area contributed by atoms with Gasteiger partial charge in [-0.2, -0.15) is 0 Å². The number of hydrogen-bond acceptors (Lipinski definition) is 1. The number of anilines is 1. The summed E-state index contributed by atoms with van der Waals surface area (Å²) in [5, 5.41) is 0.174. The van der Waals surface area contributed by atoms with Gasteiger partial charge in [-0.15, -0.1) is 11.6 Å². The highest BCUT2D eigenvalue weighted by atomic mass is 35.5. The summed E-state index contributed by atoms with van der Waals surface area (Å²) in [6.07, 6.45) is 0.899. The minimum Gasteiger partial charge on any atom is -0.305 e. The fraction of sp³-hybridized carbons (Fsp3) is 0.533.